The lowest BCUT2D eigenvalue weighted by atomic mass is 9.95. The summed E-state index contributed by atoms with van der Waals surface area (Å²) < 4.78 is 29.0. The van der Waals surface area contributed by atoms with Crippen LogP contribution < -0.4 is 5.32 Å². The SMILES string of the molecule is CC[C@H](C)[C@@H](C(=O)N[C@@H](Cc1ccccc1)[C@H](O)CN(CC(C)C)S(=O)(=O)c1ccc(CN=O)cc1)N1CCN(Cc2cccnc2C)C1=O. The number of aryl methyl sites for hydroxylation is 1. The van der Waals surface area contributed by atoms with Gasteiger partial charge in [0.25, 0.3) is 0 Å². The molecule has 0 bridgehead atoms. The van der Waals surface area contributed by atoms with E-state index in [0.29, 0.717) is 31.6 Å². The summed E-state index contributed by atoms with van der Waals surface area (Å²) >= 11 is 0. The minimum atomic E-state index is -4.06. The molecule has 3 amide bonds. The molecule has 2 heterocycles. The summed E-state index contributed by atoms with van der Waals surface area (Å²) in [5.41, 5.74) is 3.22. The quantitative estimate of drug-likeness (QED) is 0.181. The van der Waals surface area contributed by atoms with Crippen LogP contribution in [0.2, 0.25) is 0 Å². The van der Waals surface area contributed by atoms with E-state index in [1.54, 1.807) is 28.1 Å². The second-order valence-electron chi connectivity index (χ2n) is 13.5. The van der Waals surface area contributed by atoms with E-state index in [1.165, 1.54) is 16.4 Å². The fourth-order valence-electron chi connectivity index (χ4n) is 6.25. The topological polar surface area (TPSA) is 153 Å². The number of rotatable bonds is 18. The highest BCUT2D eigenvalue weighted by atomic mass is 32.2. The average Bonchev–Trinajstić information content (AvgIpc) is 3.44. The van der Waals surface area contributed by atoms with E-state index in [0.717, 1.165) is 16.8 Å². The van der Waals surface area contributed by atoms with Crippen LogP contribution >= 0.6 is 0 Å². The predicted octanol–water partition coefficient (Wildman–Crippen LogP) is 4.74. The highest BCUT2D eigenvalue weighted by molar-refractivity contribution is 7.89. The maximum Gasteiger partial charge on any atom is 0.321 e. The summed E-state index contributed by atoms with van der Waals surface area (Å²) in [5, 5.41) is 17.7. The van der Waals surface area contributed by atoms with Crippen LogP contribution in [0.4, 0.5) is 4.79 Å². The van der Waals surface area contributed by atoms with Crippen LogP contribution in [0.5, 0.6) is 0 Å². The van der Waals surface area contributed by atoms with Crippen LogP contribution in [0.25, 0.3) is 0 Å². The number of aliphatic hydroxyl groups is 1. The van der Waals surface area contributed by atoms with Crippen molar-refractivity contribution in [2.24, 2.45) is 17.0 Å². The minimum absolute atomic E-state index is 0.0269. The third-order valence-electron chi connectivity index (χ3n) is 9.25. The first-order chi connectivity index (χ1) is 23.8. The third kappa shape index (κ3) is 9.73. The second kappa shape index (κ2) is 17.6. The number of pyridine rings is 1. The normalized spacial score (nSPS) is 16.0. The molecule has 0 spiro atoms. The van der Waals surface area contributed by atoms with Crippen LogP contribution in [-0.4, -0.2) is 88.9 Å². The Morgan fingerprint density at radius 2 is 1.70 bits per heavy atom. The number of urea groups is 1. The van der Waals surface area contributed by atoms with Gasteiger partial charge in [-0.2, -0.15) is 9.21 Å². The molecule has 0 unspecified atom stereocenters. The molecule has 4 rings (SSSR count). The molecule has 0 radical (unpaired) electrons. The Hall–Kier alpha value is -4.20. The Bertz CT molecular complexity index is 1690. The number of carbonyl (C=O) groups is 2. The number of hydrogen-bond donors (Lipinski definition) is 2. The van der Waals surface area contributed by atoms with Crippen molar-refractivity contribution in [3.63, 3.8) is 0 Å². The number of amides is 3. The van der Waals surface area contributed by atoms with Gasteiger partial charge < -0.3 is 20.2 Å². The number of aromatic nitrogens is 1. The summed E-state index contributed by atoms with van der Waals surface area (Å²) in [7, 11) is -4.06. The number of benzene rings is 2. The van der Waals surface area contributed by atoms with Gasteiger partial charge >= 0.3 is 6.03 Å². The van der Waals surface area contributed by atoms with E-state index >= 15 is 0 Å². The van der Waals surface area contributed by atoms with Crippen LogP contribution in [0.15, 0.2) is 83.0 Å². The Kier molecular flexibility index (Phi) is 13.6. The van der Waals surface area contributed by atoms with Crippen molar-refractivity contribution in [3.05, 3.63) is 100 Å². The first kappa shape index (κ1) is 38.6. The van der Waals surface area contributed by atoms with E-state index in [4.69, 9.17) is 0 Å². The maximum absolute atomic E-state index is 14.3. The van der Waals surface area contributed by atoms with Gasteiger partial charge in [0.1, 0.15) is 12.6 Å². The van der Waals surface area contributed by atoms with Crippen molar-refractivity contribution < 1.29 is 23.1 Å². The lowest BCUT2D eigenvalue weighted by Gasteiger charge is -2.35. The summed E-state index contributed by atoms with van der Waals surface area (Å²) in [6, 6.07) is 17.2. The number of nitroso groups, excluding NO2 is 1. The fraction of sp³-hybridized carbons (Fsp3) is 0.486. The van der Waals surface area contributed by atoms with Crippen LogP contribution in [0, 0.1) is 23.7 Å². The second-order valence-corrected chi connectivity index (χ2v) is 15.4. The van der Waals surface area contributed by atoms with Crippen molar-refractivity contribution >= 4 is 22.0 Å². The Balaban J connectivity index is 1.59. The molecule has 12 nitrogen and oxygen atoms in total. The number of carbonyl (C=O) groups excluding carboxylic acids is 2. The first-order valence-electron chi connectivity index (χ1n) is 17.2. The Morgan fingerprint density at radius 3 is 2.32 bits per heavy atom. The van der Waals surface area contributed by atoms with Crippen molar-refractivity contribution in [2.75, 3.05) is 26.2 Å². The van der Waals surface area contributed by atoms with E-state index in [9.17, 15) is 28.0 Å². The number of aliphatic hydroxyl groups excluding tert-OH is 1. The molecule has 13 heteroatoms. The van der Waals surface area contributed by atoms with Crippen LogP contribution in [0.3, 0.4) is 0 Å². The monoisotopic (exact) mass is 706 g/mol. The maximum atomic E-state index is 14.3. The largest absolute Gasteiger partial charge is 0.390 e. The summed E-state index contributed by atoms with van der Waals surface area (Å²) in [4.78, 5) is 46.4. The molecule has 2 aromatic carbocycles. The molecular formula is C37H50N6O6S. The van der Waals surface area contributed by atoms with Crippen LogP contribution in [0.1, 0.15) is 56.5 Å². The smallest absolute Gasteiger partial charge is 0.321 e. The fourth-order valence-corrected chi connectivity index (χ4v) is 7.87. The van der Waals surface area contributed by atoms with Gasteiger partial charge in [0, 0.05) is 44.6 Å². The van der Waals surface area contributed by atoms with Gasteiger partial charge in [-0.3, -0.25) is 9.78 Å². The highest BCUT2D eigenvalue weighted by Crippen LogP contribution is 2.24. The lowest BCUT2D eigenvalue weighted by molar-refractivity contribution is -0.128. The summed E-state index contributed by atoms with van der Waals surface area (Å²) in [6.07, 6.45) is 1.30. The van der Waals surface area contributed by atoms with Crippen molar-refractivity contribution in [2.45, 2.75) is 83.6 Å². The standard InChI is InChI=1S/C37H50N6O6S/c1-6-27(4)35(43-20-19-41(37(43)46)24-31-13-10-18-38-28(31)5)36(45)40-33(21-29-11-8-7-9-12-29)34(44)25-42(23-26(2)3)50(48,49)32-16-14-30(15-17-32)22-39-47/h7-18,26-27,33-35,44H,6,19-25H2,1-5H3,(H,40,45)/t27-,33-,34+,35-/m0/s1. The highest BCUT2D eigenvalue weighted by Gasteiger charge is 2.41. The van der Waals surface area contributed by atoms with Gasteiger partial charge in [0.2, 0.25) is 15.9 Å². The summed E-state index contributed by atoms with van der Waals surface area (Å²) in [5.74, 6) is -0.652. The number of sulfonamides is 1. The van der Waals surface area contributed by atoms with Gasteiger partial charge in [-0.05, 0) is 60.1 Å². The van der Waals surface area contributed by atoms with Crippen molar-refractivity contribution in [3.8, 4) is 0 Å². The van der Waals surface area contributed by atoms with Crippen LogP contribution in [-0.2, 0) is 34.3 Å². The van der Waals surface area contributed by atoms with Gasteiger partial charge in [-0.15, -0.1) is 0 Å². The molecule has 1 saturated heterocycles. The van der Waals surface area contributed by atoms with Gasteiger partial charge in [0.05, 0.1) is 17.0 Å². The van der Waals surface area contributed by atoms with E-state index in [-0.39, 0.29) is 48.8 Å². The summed E-state index contributed by atoms with van der Waals surface area (Å²) in [6.45, 7) is 10.6. The molecule has 1 aliphatic rings. The number of nitrogens with one attached hydrogen (secondary N) is 1. The van der Waals surface area contributed by atoms with Crippen molar-refractivity contribution in [1.29, 1.82) is 0 Å². The zero-order chi connectivity index (χ0) is 36.4. The number of nitrogens with zero attached hydrogens (tertiary/aromatic N) is 5. The van der Waals surface area contributed by atoms with E-state index in [2.05, 4.69) is 15.5 Å². The molecular weight excluding hydrogens is 657 g/mol. The molecule has 3 aromatic rings. The molecule has 270 valence electrons. The number of hydrogen-bond acceptors (Lipinski definition) is 8. The van der Waals surface area contributed by atoms with E-state index in [1.807, 2.05) is 77.1 Å². The lowest BCUT2D eigenvalue weighted by Crippen LogP contribution is -2.57. The minimum Gasteiger partial charge on any atom is -0.390 e. The average molecular weight is 707 g/mol. The molecule has 50 heavy (non-hydrogen) atoms. The molecule has 1 aliphatic heterocycles. The predicted molar refractivity (Wildman–Crippen MR) is 192 cm³/mol. The zero-order valence-corrected chi connectivity index (χ0v) is 30.4. The van der Waals surface area contributed by atoms with Gasteiger partial charge in [-0.25, -0.2) is 13.2 Å². The zero-order valence-electron chi connectivity index (χ0n) is 29.6. The third-order valence-corrected chi connectivity index (χ3v) is 11.1. The molecule has 0 saturated carbocycles. The molecule has 2 N–H and O–H groups in total. The molecule has 0 aliphatic carbocycles. The van der Waals surface area contributed by atoms with Gasteiger partial charge in [-0.1, -0.05) is 87.8 Å². The van der Waals surface area contributed by atoms with E-state index < -0.39 is 34.1 Å². The first-order valence-corrected chi connectivity index (χ1v) is 18.7. The van der Waals surface area contributed by atoms with Crippen molar-refractivity contribution in [1.82, 2.24) is 24.4 Å². The molecule has 1 fully saturated rings. The molecule has 1 aromatic heterocycles. The molecule has 4 atom stereocenters. The Morgan fingerprint density at radius 1 is 1.00 bits per heavy atom. The van der Waals surface area contributed by atoms with Gasteiger partial charge in [0.15, 0.2) is 0 Å². The Labute approximate surface area is 295 Å².